The molecule has 3 amide bonds. The molecule has 4 rings (SSSR count). The van der Waals surface area contributed by atoms with E-state index in [0.29, 0.717) is 60.0 Å². The third-order valence-corrected chi connectivity index (χ3v) is 7.45. The van der Waals surface area contributed by atoms with Crippen molar-refractivity contribution in [2.45, 2.75) is 13.5 Å². The van der Waals surface area contributed by atoms with Crippen LogP contribution in [0.2, 0.25) is 15.1 Å². The van der Waals surface area contributed by atoms with Crippen LogP contribution in [-0.4, -0.2) is 66.3 Å². The summed E-state index contributed by atoms with van der Waals surface area (Å²) >= 11 is 19.3. The summed E-state index contributed by atoms with van der Waals surface area (Å²) in [5, 5.41) is 0.613. The van der Waals surface area contributed by atoms with Crippen molar-refractivity contribution in [3.8, 4) is 11.5 Å². The van der Waals surface area contributed by atoms with Crippen LogP contribution in [0.25, 0.3) is 6.08 Å². The van der Waals surface area contributed by atoms with Gasteiger partial charge in [-0.15, -0.1) is 0 Å². The maximum absolute atomic E-state index is 12.9. The summed E-state index contributed by atoms with van der Waals surface area (Å²) in [4.78, 5) is 40.7. The SMILES string of the molecule is CCOc1cc(/C=C2/SC(=O)N(CC(=O)N3CCOCC3)C2=O)cc(Cl)c1OCc1ccc(Cl)c(Cl)c1. The van der Waals surface area contributed by atoms with Crippen molar-refractivity contribution in [3.63, 3.8) is 0 Å². The van der Waals surface area contributed by atoms with Crippen LogP contribution in [0.3, 0.4) is 0 Å². The van der Waals surface area contributed by atoms with Crippen LogP contribution in [0.5, 0.6) is 11.5 Å². The molecule has 2 aliphatic rings. The summed E-state index contributed by atoms with van der Waals surface area (Å²) in [7, 11) is 0. The molecule has 0 saturated carbocycles. The Morgan fingerprint density at radius 1 is 1.05 bits per heavy atom. The first kappa shape index (κ1) is 27.6. The molecule has 37 heavy (non-hydrogen) atoms. The fraction of sp³-hybridized carbons (Fsp3) is 0.320. The lowest BCUT2D eigenvalue weighted by Crippen LogP contribution is -2.46. The van der Waals surface area contributed by atoms with Gasteiger partial charge in [0.2, 0.25) is 5.91 Å². The third kappa shape index (κ3) is 6.72. The van der Waals surface area contributed by atoms with E-state index in [2.05, 4.69) is 0 Å². The average molecular weight is 586 g/mol. The third-order valence-electron chi connectivity index (χ3n) is 5.53. The number of amides is 3. The summed E-state index contributed by atoms with van der Waals surface area (Å²) in [5.74, 6) is -0.123. The van der Waals surface area contributed by atoms with Gasteiger partial charge in [-0.05, 0) is 60.2 Å². The highest BCUT2D eigenvalue weighted by molar-refractivity contribution is 8.18. The zero-order valence-corrected chi connectivity index (χ0v) is 22.9. The molecule has 0 radical (unpaired) electrons. The highest BCUT2D eigenvalue weighted by Crippen LogP contribution is 2.39. The lowest BCUT2D eigenvalue weighted by Gasteiger charge is -2.28. The van der Waals surface area contributed by atoms with E-state index < -0.39 is 11.1 Å². The number of morpholine rings is 1. The van der Waals surface area contributed by atoms with Gasteiger partial charge in [0, 0.05) is 13.1 Å². The fourth-order valence-corrected chi connectivity index (χ4v) is 5.13. The molecular formula is C25H23Cl3N2O6S. The summed E-state index contributed by atoms with van der Waals surface area (Å²) in [6.07, 6.45) is 1.54. The minimum Gasteiger partial charge on any atom is -0.490 e. The number of carbonyl (C=O) groups excluding carboxylic acids is 3. The Hall–Kier alpha value is -2.43. The minimum atomic E-state index is -0.536. The predicted octanol–water partition coefficient (Wildman–Crippen LogP) is 5.52. The van der Waals surface area contributed by atoms with E-state index in [1.165, 1.54) is 0 Å². The van der Waals surface area contributed by atoms with Crippen molar-refractivity contribution in [1.82, 2.24) is 9.80 Å². The van der Waals surface area contributed by atoms with Crippen LogP contribution in [0, 0.1) is 0 Å². The van der Waals surface area contributed by atoms with Crippen molar-refractivity contribution >= 4 is 69.7 Å². The van der Waals surface area contributed by atoms with Crippen molar-refractivity contribution in [3.05, 3.63) is 61.4 Å². The Morgan fingerprint density at radius 3 is 2.51 bits per heavy atom. The molecular weight excluding hydrogens is 563 g/mol. The van der Waals surface area contributed by atoms with Gasteiger partial charge in [-0.2, -0.15) is 0 Å². The monoisotopic (exact) mass is 584 g/mol. The second-order valence-electron chi connectivity index (χ2n) is 8.06. The van der Waals surface area contributed by atoms with E-state index in [1.807, 2.05) is 6.92 Å². The van der Waals surface area contributed by atoms with Gasteiger partial charge in [-0.3, -0.25) is 19.3 Å². The normalized spacial score (nSPS) is 17.0. The Morgan fingerprint density at radius 2 is 1.81 bits per heavy atom. The van der Waals surface area contributed by atoms with Crippen molar-refractivity contribution < 1.29 is 28.6 Å². The second kappa shape index (κ2) is 12.4. The first-order chi connectivity index (χ1) is 17.8. The fourth-order valence-electron chi connectivity index (χ4n) is 3.69. The number of ether oxygens (including phenoxy) is 3. The van der Waals surface area contributed by atoms with Gasteiger partial charge >= 0.3 is 0 Å². The molecule has 0 spiro atoms. The number of carbonyl (C=O) groups is 3. The second-order valence-corrected chi connectivity index (χ2v) is 10.3. The highest BCUT2D eigenvalue weighted by atomic mass is 35.5. The number of thioether (sulfide) groups is 1. The Labute approximate surface area is 233 Å². The van der Waals surface area contributed by atoms with Crippen molar-refractivity contribution in [1.29, 1.82) is 0 Å². The Bertz CT molecular complexity index is 1250. The van der Waals surface area contributed by atoms with E-state index in [0.717, 1.165) is 22.2 Å². The van der Waals surface area contributed by atoms with Gasteiger partial charge in [-0.1, -0.05) is 40.9 Å². The lowest BCUT2D eigenvalue weighted by atomic mass is 10.1. The first-order valence-corrected chi connectivity index (χ1v) is 13.4. The average Bonchev–Trinajstić information content (AvgIpc) is 3.13. The van der Waals surface area contributed by atoms with Crippen LogP contribution in [-0.2, 0) is 20.9 Å². The van der Waals surface area contributed by atoms with Crippen LogP contribution >= 0.6 is 46.6 Å². The zero-order chi connectivity index (χ0) is 26.5. The van der Waals surface area contributed by atoms with Gasteiger partial charge in [0.15, 0.2) is 11.5 Å². The Balaban J connectivity index is 1.50. The standard InChI is InChI=1S/C25H23Cl3N2O6S/c1-2-35-20-11-16(10-19(28)23(20)36-14-15-3-4-17(26)18(27)9-15)12-21-24(32)30(25(33)37-21)13-22(31)29-5-7-34-8-6-29/h3-4,9-12H,2,5-8,13-14H2,1H3/b21-12+. The van der Waals surface area contributed by atoms with E-state index in [9.17, 15) is 14.4 Å². The molecule has 196 valence electrons. The molecule has 2 saturated heterocycles. The maximum Gasteiger partial charge on any atom is 0.294 e. The van der Waals surface area contributed by atoms with E-state index in [1.54, 1.807) is 41.3 Å². The molecule has 0 atom stereocenters. The molecule has 2 aliphatic heterocycles. The van der Waals surface area contributed by atoms with Gasteiger partial charge in [0.25, 0.3) is 11.1 Å². The molecule has 2 fully saturated rings. The number of imide groups is 1. The smallest absolute Gasteiger partial charge is 0.294 e. The van der Waals surface area contributed by atoms with Crippen molar-refractivity contribution in [2.24, 2.45) is 0 Å². The zero-order valence-electron chi connectivity index (χ0n) is 19.8. The van der Waals surface area contributed by atoms with Crippen LogP contribution in [0.1, 0.15) is 18.1 Å². The number of rotatable bonds is 8. The summed E-state index contributed by atoms with van der Waals surface area (Å²) < 4.78 is 16.9. The molecule has 8 nitrogen and oxygen atoms in total. The quantitative estimate of drug-likeness (QED) is 0.377. The highest BCUT2D eigenvalue weighted by Gasteiger charge is 2.37. The molecule has 0 N–H and O–H groups in total. The molecule has 0 aromatic heterocycles. The predicted molar refractivity (Wildman–Crippen MR) is 143 cm³/mol. The lowest BCUT2D eigenvalue weighted by molar-refractivity contribution is -0.139. The molecule has 2 aromatic rings. The Kier molecular flexibility index (Phi) is 9.26. The summed E-state index contributed by atoms with van der Waals surface area (Å²) in [5.41, 5.74) is 1.33. The number of hydrogen-bond acceptors (Lipinski definition) is 7. The van der Waals surface area contributed by atoms with Gasteiger partial charge in [0.1, 0.15) is 13.2 Å². The van der Waals surface area contributed by atoms with Crippen molar-refractivity contribution in [2.75, 3.05) is 39.5 Å². The van der Waals surface area contributed by atoms with Crippen LogP contribution in [0.4, 0.5) is 4.79 Å². The molecule has 0 bridgehead atoms. The van der Waals surface area contributed by atoms with E-state index in [-0.39, 0.29) is 29.0 Å². The molecule has 0 unspecified atom stereocenters. The number of benzene rings is 2. The number of hydrogen-bond donors (Lipinski definition) is 0. The number of nitrogens with zero attached hydrogens (tertiary/aromatic N) is 2. The summed E-state index contributed by atoms with van der Waals surface area (Å²) in [6, 6.07) is 8.45. The summed E-state index contributed by atoms with van der Waals surface area (Å²) in [6.45, 7) is 3.77. The molecule has 2 aromatic carbocycles. The molecule has 12 heteroatoms. The molecule has 2 heterocycles. The van der Waals surface area contributed by atoms with E-state index in [4.69, 9.17) is 49.0 Å². The van der Waals surface area contributed by atoms with Crippen LogP contribution in [0.15, 0.2) is 35.2 Å². The molecule has 0 aliphatic carbocycles. The van der Waals surface area contributed by atoms with Gasteiger partial charge < -0.3 is 19.1 Å². The van der Waals surface area contributed by atoms with E-state index >= 15 is 0 Å². The maximum atomic E-state index is 12.9. The number of halogens is 3. The van der Waals surface area contributed by atoms with Gasteiger partial charge in [0.05, 0.1) is 39.8 Å². The van der Waals surface area contributed by atoms with Crippen LogP contribution < -0.4 is 9.47 Å². The van der Waals surface area contributed by atoms with Gasteiger partial charge in [-0.25, -0.2) is 0 Å². The largest absolute Gasteiger partial charge is 0.490 e. The minimum absolute atomic E-state index is 0.173. The topological polar surface area (TPSA) is 85.4 Å². The first-order valence-electron chi connectivity index (χ1n) is 11.4.